The van der Waals surface area contributed by atoms with Crippen molar-refractivity contribution in [2.45, 2.75) is 51.6 Å². The predicted molar refractivity (Wildman–Crippen MR) is 63.2 cm³/mol. The normalized spacial score (nSPS) is 31.9. The molecule has 3 atom stereocenters. The Morgan fingerprint density at radius 3 is 2.75 bits per heavy atom. The molecule has 2 aliphatic heterocycles. The van der Waals surface area contributed by atoms with E-state index in [9.17, 15) is 4.79 Å². The molecule has 0 aromatic rings. The third-order valence-corrected chi connectivity index (χ3v) is 3.65. The van der Waals surface area contributed by atoms with Crippen LogP contribution in [-0.2, 0) is 4.74 Å². The summed E-state index contributed by atoms with van der Waals surface area (Å²) in [5.74, 6) is 0.550. The fourth-order valence-electron chi connectivity index (χ4n) is 2.95. The van der Waals surface area contributed by atoms with E-state index in [1.165, 1.54) is 6.42 Å². The van der Waals surface area contributed by atoms with E-state index in [4.69, 9.17) is 4.74 Å². The molecule has 90 valence electrons. The smallest absolute Gasteiger partial charge is 0.410 e. The zero-order chi connectivity index (χ0) is 11.5. The zero-order valence-electron chi connectivity index (χ0n) is 10.2. The van der Waals surface area contributed by atoms with E-state index < -0.39 is 0 Å². The molecule has 0 N–H and O–H groups in total. The molecule has 0 radical (unpaired) electrons. The summed E-state index contributed by atoms with van der Waals surface area (Å²) in [7, 11) is 0. The van der Waals surface area contributed by atoms with Gasteiger partial charge in [-0.05, 0) is 32.1 Å². The van der Waals surface area contributed by atoms with Crippen LogP contribution in [-0.4, -0.2) is 29.7 Å². The van der Waals surface area contributed by atoms with E-state index in [2.05, 4.69) is 19.1 Å². The van der Waals surface area contributed by atoms with Gasteiger partial charge in [0.2, 0.25) is 0 Å². The van der Waals surface area contributed by atoms with Gasteiger partial charge in [-0.15, -0.1) is 0 Å². The first-order valence-corrected chi connectivity index (χ1v) is 6.41. The molecule has 3 aliphatic rings. The standard InChI is InChI=1S/C13H21NO2/c1-3-5-12-10-6-8-11(9-7-10)14(12)13(15)16-4-2/h6,8,10-12H,3-5,7,9H2,1-2H3/t10-,11+,12-/m1/s1. The molecule has 1 fully saturated rings. The average molecular weight is 223 g/mol. The Hall–Kier alpha value is -0.990. The van der Waals surface area contributed by atoms with Crippen LogP contribution in [0.2, 0.25) is 0 Å². The molecule has 1 saturated heterocycles. The summed E-state index contributed by atoms with van der Waals surface area (Å²) in [5, 5.41) is 0. The maximum absolute atomic E-state index is 11.9. The van der Waals surface area contributed by atoms with Gasteiger partial charge in [0.1, 0.15) is 0 Å². The van der Waals surface area contributed by atoms with Crippen molar-refractivity contribution in [3.8, 4) is 0 Å². The van der Waals surface area contributed by atoms with Gasteiger partial charge in [0, 0.05) is 6.04 Å². The number of ether oxygens (including phenoxy) is 1. The van der Waals surface area contributed by atoms with Crippen LogP contribution < -0.4 is 0 Å². The fraction of sp³-hybridized carbons (Fsp3) is 0.769. The molecule has 0 saturated carbocycles. The van der Waals surface area contributed by atoms with E-state index in [1.54, 1.807) is 0 Å². The van der Waals surface area contributed by atoms with Gasteiger partial charge in [-0.25, -0.2) is 4.79 Å². The first-order valence-electron chi connectivity index (χ1n) is 6.41. The van der Waals surface area contributed by atoms with Gasteiger partial charge in [0.15, 0.2) is 0 Å². The van der Waals surface area contributed by atoms with Gasteiger partial charge in [-0.2, -0.15) is 0 Å². The van der Waals surface area contributed by atoms with E-state index in [1.807, 2.05) is 11.8 Å². The van der Waals surface area contributed by atoms with Crippen molar-refractivity contribution in [1.82, 2.24) is 4.90 Å². The minimum atomic E-state index is -0.125. The highest BCUT2D eigenvalue weighted by Crippen LogP contribution is 2.37. The molecule has 2 bridgehead atoms. The first-order chi connectivity index (χ1) is 7.77. The van der Waals surface area contributed by atoms with Gasteiger partial charge in [-0.1, -0.05) is 25.5 Å². The van der Waals surface area contributed by atoms with Crippen molar-refractivity contribution >= 4 is 6.09 Å². The number of hydrogen-bond donors (Lipinski definition) is 0. The maximum atomic E-state index is 11.9. The lowest BCUT2D eigenvalue weighted by molar-refractivity contribution is 0.0361. The Morgan fingerprint density at radius 1 is 1.38 bits per heavy atom. The summed E-state index contributed by atoms with van der Waals surface area (Å²) in [4.78, 5) is 13.9. The number of fused-ring (bicyclic) bond motifs is 2. The molecule has 0 unspecified atom stereocenters. The summed E-state index contributed by atoms with van der Waals surface area (Å²) in [6.07, 6.45) is 8.88. The summed E-state index contributed by atoms with van der Waals surface area (Å²) in [6.45, 7) is 4.51. The number of carbonyl (C=O) groups is 1. The topological polar surface area (TPSA) is 29.5 Å². The molecule has 3 rings (SSSR count). The predicted octanol–water partition coefficient (Wildman–Crippen LogP) is 2.96. The van der Waals surface area contributed by atoms with Crippen LogP contribution in [0.1, 0.15) is 39.5 Å². The van der Waals surface area contributed by atoms with Crippen LogP contribution in [0.25, 0.3) is 0 Å². The van der Waals surface area contributed by atoms with Crippen LogP contribution in [0.15, 0.2) is 12.2 Å². The molecule has 3 heteroatoms. The SMILES string of the molecule is CCC[C@@H]1[C@@H]2C=C[C@@H](CC2)N1C(=O)OCC. The van der Waals surface area contributed by atoms with Gasteiger partial charge in [0.25, 0.3) is 0 Å². The van der Waals surface area contributed by atoms with E-state index in [0.717, 1.165) is 19.3 Å². The van der Waals surface area contributed by atoms with Crippen molar-refractivity contribution < 1.29 is 9.53 Å². The minimum Gasteiger partial charge on any atom is -0.450 e. The van der Waals surface area contributed by atoms with E-state index in [0.29, 0.717) is 18.6 Å². The largest absolute Gasteiger partial charge is 0.450 e. The number of hydrogen-bond acceptors (Lipinski definition) is 2. The minimum absolute atomic E-state index is 0.125. The molecule has 2 heterocycles. The van der Waals surface area contributed by atoms with Crippen molar-refractivity contribution in [3.05, 3.63) is 12.2 Å². The summed E-state index contributed by atoms with van der Waals surface area (Å²) in [6, 6.07) is 0.647. The van der Waals surface area contributed by atoms with Crippen LogP contribution in [0, 0.1) is 5.92 Å². The van der Waals surface area contributed by atoms with Crippen molar-refractivity contribution in [1.29, 1.82) is 0 Å². The Kier molecular flexibility index (Phi) is 3.52. The third-order valence-electron chi connectivity index (χ3n) is 3.65. The second-order valence-corrected chi connectivity index (χ2v) is 4.66. The van der Waals surface area contributed by atoms with Crippen molar-refractivity contribution in [3.63, 3.8) is 0 Å². The molecular weight excluding hydrogens is 202 g/mol. The quantitative estimate of drug-likeness (QED) is 0.688. The zero-order valence-corrected chi connectivity index (χ0v) is 10.2. The van der Waals surface area contributed by atoms with Crippen LogP contribution in [0.4, 0.5) is 4.79 Å². The highest BCUT2D eigenvalue weighted by Gasteiger charge is 2.41. The van der Waals surface area contributed by atoms with E-state index >= 15 is 0 Å². The van der Waals surface area contributed by atoms with Crippen molar-refractivity contribution in [2.24, 2.45) is 5.92 Å². The Bertz CT molecular complexity index is 288. The van der Waals surface area contributed by atoms with Crippen LogP contribution in [0.5, 0.6) is 0 Å². The first kappa shape index (κ1) is 11.5. The van der Waals surface area contributed by atoms with E-state index in [-0.39, 0.29) is 12.1 Å². The van der Waals surface area contributed by atoms with Crippen molar-refractivity contribution in [2.75, 3.05) is 6.61 Å². The Balaban J connectivity index is 2.13. The number of nitrogens with zero attached hydrogens (tertiary/aromatic N) is 1. The van der Waals surface area contributed by atoms with Crippen LogP contribution >= 0.6 is 0 Å². The second-order valence-electron chi connectivity index (χ2n) is 4.66. The molecule has 16 heavy (non-hydrogen) atoms. The summed E-state index contributed by atoms with van der Waals surface area (Å²) in [5.41, 5.74) is 0. The monoisotopic (exact) mass is 223 g/mol. The lowest BCUT2D eigenvalue weighted by atomic mass is 9.78. The molecule has 0 aromatic heterocycles. The molecule has 0 aromatic carbocycles. The maximum Gasteiger partial charge on any atom is 0.410 e. The number of piperidine rings is 1. The second kappa shape index (κ2) is 4.89. The van der Waals surface area contributed by atoms with Crippen LogP contribution in [0.3, 0.4) is 0 Å². The van der Waals surface area contributed by atoms with Gasteiger partial charge in [0.05, 0.1) is 12.6 Å². The van der Waals surface area contributed by atoms with Gasteiger partial charge in [-0.3, -0.25) is 4.90 Å². The molecule has 1 aliphatic carbocycles. The molecular formula is C13H21NO2. The summed E-state index contributed by atoms with van der Waals surface area (Å²) < 4.78 is 5.16. The Morgan fingerprint density at radius 2 is 2.19 bits per heavy atom. The molecule has 3 nitrogen and oxygen atoms in total. The number of rotatable bonds is 3. The summed E-state index contributed by atoms with van der Waals surface area (Å²) >= 11 is 0. The lowest BCUT2D eigenvalue weighted by Crippen LogP contribution is -2.55. The molecule has 0 spiro atoms. The Labute approximate surface area is 97.5 Å². The highest BCUT2D eigenvalue weighted by atomic mass is 16.6. The molecule has 1 amide bonds. The lowest BCUT2D eigenvalue weighted by Gasteiger charge is -2.47. The average Bonchev–Trinajstić information content (AvgIpc) is 2.31. The highest BCUT2D eigenvalue weighted by molar-refractivity contribution is 5.69. The third kappa shape index (κ3) is 1.95. The van der Waals surface area contributed by atoms with Gasteiger partial charge < -0.3 is 4.74 Å². The number of carbonyl (C=O) groups excluding carboxylic acids is 1. The number of amides is 1. The fourth-order valence-corrected chi connectivity index (χ4v) is 2.95. The van der Waals surface area contributed by atoms with Gasteiger partial charge >= 0.3 is 6.09 Å².